The molecule has 0 saturated carbocycles. The summed E-state index contributed by atoms with van der Waals surface area (Å²) < 4.78 is 31.8. The molecule has 0 bridgehead atoms. The number of sulfonamides is 1. The minimum absolute atomic E-state index is 0.0126. The lowest BCUT2D eigenvalue weighted by molar-refractivity contribution is 0.387. The first-order chi connectivity index (χ1) is 9.94. The van der Waals surface area contributed by atoms with Crippen molar-refractivity contribution in [3.63, 3.8) is 0 Å². The maximum atomic E-state index is 12.3. The summed E-state index contributed by atoms with van der Waals surface area (Å²) in [5.41, 5.74) is 1.35. The van der Waals surface area contributed by atoms with Gasteiger partial charge in [0, 0.05) is 37.7 Å². The van der Waals surface area contributed by atoms with E-state index in [4.69, 9.17) is 4.52 Å². The van der Waals surface area contributed by atoms with Crippen LogP contribution in [0.15, 0.2) is 9.55 Å². The molecular weight excluding hydrogens is 296 g/mol. The fourth-order valence-corrected chi connectivity index (χ4v) is 3.07. The maximum absolute atomic E-state index is 12.3. The van der Waals surface area contributed by atoms with Gasteiger partial charge >= 0.3 is 0 Å². The second kappa shape index (κ2) is 6.33. The lowest BCUT2D eigenvalue weighted by atomic mass is 10.3. The van der Waals surface area contributed by atoms with Crippen molar-refractivity contribution in [1.29, 1.82) is 0 Å². The molecule has 10 heteroatoms. The molecule has 2 aromatic heterocycles. The van der Waals surface area contributed by atoms with Gasteiger partial charge < -0.3 is 9.84 Å². The molecule has 0 aromatic carbocycles. The molecule has 2 rings (SSSR count). The smallest absolute Gasteiger partial charge is 0.260 e. The van der Waals surface area contributed by atoms with E-state index in [-0.39, 0.29) is 11.6 Å². The molecule has 3 N–H and O–H groups in total. The van der Waals surface area contributed by atoms with Crippen LogP contribution in [0.4, 0.5) is 0 Å². The van der Waals surface area contributed by atoms with Crippen molar-refractivity contribution < 1.29 is 12.9 Å². The van der Waals surface area contributed by atoms with Crippen molar-refractivity contribution in [2.24, 2.45) is 0 Å². The topological polar surface area (TPSA) is 126 Å². The van der Waals surface area contributed by atoms with Gasteiger partial charge in [-0.3, -0.25) is 5.10 Å². The number of nitrogens with one attached hydrogen (secondary N) is 3. The first-order valence-electron chi connectivity index (χ1n) is 6.41. The Morgan fingerprint density at radius 3 is 2.71 bits per heavy atom. The largest absolute Gasteiger partial charge is 0.340 e. The Kier molecular flexibility index (Phi) is 4.70. The van der Waals surface area contributed by atoms with Gasteiger partial charge in [-0.05, 0) is 14.0 Å². The van der Waals surface area contributed by atoms with Crippen molar-refractivity contribution in [1.82, 2.24) is 30.4 Å². The third-order valence-electron chi connectivity index (χ3n) is 2.85. The van der Waals surface area contributed by atoms with Crippen molar-refractivity contribution in [2.75, 3.05) is 13.6 Å². The Morgan fingerprint density at radius 2 is 2.10 bits per heavy atom. The molecule has 0 atom stereocenters. The highest BCUT2D eigenvalue weighted by molar-refractivity contribution is 7.89. The minimum atomic E-state index is -3.67. The van der Waals surface area contributed by atoms with Crippen LogP contribution >= 0.6 is 0 Å². The molecular formula is C11H18N6O3S. The van der Waals surface area contributed by atoms with Crippen LogP contribution in [0.1, 0.15) is 23.0 Å². The normalized spacial score (nSPS) is 12.0. The molecule has 0 fully saturated rings. The number of aryl methyl sites for hydroxylation is 2. The first kappa shape index (κ1) is 15.6. The average Bonchev–Trinajstić information content (AvgIpc) is 2.98. The molecule has 21 heavy (non-hydrogen) atoms. The highest BCUT2D eigenvalue weighted by atomic mass is 32.2. The van der Waals surface area contributed by atoms with Gasteiger partial charge in [-0.25, -0.2) is 13.1 Å². The van der Waals surface area contributed by atoms with E-state index in [1.165, 1.54) is 0 Å². The Morgan fingerprint density at radius 1 is 1.33 bits per heavy atom. The third kappa shape index (κ3) is 3.65. The number of aromatic amines is 1. The van der Waals surface area contributed by atoms with Crippen molar-refractivity contribution in [3.05, 3.63) is 23.0 Å². The summed E-state index contributed by atoms with van der Waals surface area (Å²) in [5.74, 6) is 0.913. The molecule has 0 saturated heterocycles. The van der Waals surface area contributed by atoms with Crippen LogP contribution in [-0.4, -0.2) is 42.3 Å². The number of hydrogen-bond acceptors (Lipinski definition) is 7. The summed E-state index contributed by atoms with van der Waals surface area (Å²) >= 11 is 0. The Labute approximate surface area is 122 Å². The number of aromatic nitrogens is 4. The summed E-state index contributed by atoms with van der Waals surface area (Å²) in [6.07, 6.45) is 0.349. The SMILES string of the molecule is CNCc1c(S(=O)(=O)NCCc2noc(C)n2)n[nH]c1C. The molecule has 2 aromatic rings. The zero-order valence-electron chi connectivity index (χ0n) is 12.1. The van der Waals surface area contributed by atoms with Crippen LogP contribution in [-0.2, 0) is 23.0 Å². The van der Waals surface area contributed by atoms with Crippen LogP contribution in [0.2, 0.25) is 0 Å². The van der Waals surface area contributed by atoms with Crippen molar-refractivity contribution in [2.45, 2.75) is 31.8 Å². The van der Waals surface area contributed by atoms with Gasteiger partial charge in [0.25, 0.3) is 10.0 Å². The highest BCUT2D eigenvalue weighted by Crippen LogP contribution is 2.15. The maximum Gasteiger partial charge on any atom is 0.260 e. The predicted octanol–water partition coefficient (Wildman–Crippen LogP) is -0.350. The quantitative estimate of drug-likeness (QED) is 0.637. The van der Waals surface area contributed by atoms with E-state index in [2.05, 4.69) is 30.4 Å². The van der Waals surface area contributed by atoms with Crippen molar-refractivity contribution in [3.8, 4) is 0 Å². The van der Waals surface area contributed by atoms with E-state index in [1.807, 2.05) is 0 Å². The summed E-state index contributed by atoms with van der Waals surface area (Å²) in [5, 5.41) is 13.2. The van der Waals surface area contributed by atoms with Crippen molar-refractivity contribution >= 4 is 10.0 Å². The minimum Gasteiger partial charge on any atom is -0.340 e. The molecule has 116 valence electrons. The molecule has 0 amide bonds. The zero-order chi connectivity index (χ0) is 15.5. The van der Waals surface area contributed by atoms with Gasteiger partial charge in [-0.2, -0.15) is 10.1 Å². The van der Waals surface area contributed by atoms with E-state index in [1.54, 1.807) is 20.9 Å². The second-order valence-corrected chi connectivity index (χ2v) is 6.22. The summed E-state index contributed by atoms with van der Waals surface area (Å²) in [6, 6.07) is 0. The standard InChI is InChI=1S/C11H18N6O3S/c1-7-9(6-12-3)11(16-15-7)21(18,19)13-5-4-10-14-8(2)20-17-10/h12-13H,4-6H2,1-3H3,(H,15,16). The van der Waals surface area contributed by atoms with Gasteiger partial charge in [0.1, 0.15) is 0 Å². The summed E-state index contributed by atoms with van der Waals surface area (Å²) in [7, 11) is -1.93. The molecule has 9 nitrogen and oxygen atoms in total. The number of H-pyrrole nitrogens is 1. The molecule has 2 heterocycles. The zero-order valence-corrected chi connectivity index (χ0v) is 12.9. The Bertz CT molecular complexity index is 705. The molecule has 0 unspecified atom stereocenters. The predicted molar refractivity (Wildman–Crippen MR) is 74.0 cm³/mol. The van der Waals surface area contributed by atoms with E-state index >= 15 is 0 Å². The molecule has 0 aliphatic rings. The fourth-order valence-electron chi connectivity index (χ4n) is 1.85. The number of hydrogen-bond donors (Lipinski definition) is 3. The molecule has 0 radical (unpaired) electrons. The van der Waals surface area contributed by atoms with Crippen LogP contribution in [0.3, 0.4) is 0 Å². The van der Waals surface area contributed by atoms with Gasteiger partial charge in [0.2, 0.25) is 5.89 Å². The third-order valence-corrected chi connectivity index (χ3v) is 4.29. The molecule has 0 aliphatic heterocycles. The number of rotatable bonds is 7. The van der Waals surface area contributed by atoms with E-state index < -0.39 is 10.0 Å². The van der Waals surface area contributed by atoms with Gasteiger partial charge in [0.05, 0.1) is 0 Å². The Hall–Kier alpha value is -1.78. The fraction of sp³-hybridized carbons (Fsp3) is 0.545. The summed E-state index contributed by atoms with van der Waals surface area (Å²) in [6.45, 7) is 4.05. The molecule has 0 spiro atoms. The van der Waals surface area contributed by atoms with E-state index in [0.717, 1.165) is 5.69 Å². The first-order valence-corrected chi connectivity index (χ1v) is 7.89. The van der Waals surface area contributed by atoms with Gasteiger partial charge in [-0.15, -0.1) is 0 Å². The van der Waals surface area contributed by atoms with Crippen LogP contribution in [0.25, 0.3) is 0 Å². The lowest BCUT2D eigenvalue weighted by Gasteiger charge is -2.05. The number of nitrogens with zero attached hydrogens (tertiary/aromatic N) is 3. The van der Waals surface area contributed by atoms with Gasteiger partial charge in [-0.1, -0.05) is 5.16 Å². The lowest BCUT2D eigenvalue weighted by Crippen LogP contribution is -2.28. The highest BCUT2D eigenvalue weighted by Gasteiger charge is 2.23. The van der Waals surface area contributed by atoms with Crippen LogP contribution < -0.4 is 10.0 Å². The Balaban J connectivity index is 2.04. The van der Waals surface area contributed by atoms with E-state index in [9.17, 15) is 8.42 Å². The van der Waals surface area contributed by atoms with Crippen LogP contribution in [0, 0.1) is 13.8 Å². The summed E-state index contributed by atoms with van der Waals surface area (Å²) in [4.78, 5) is 4.01. The van der Waals surface area contributed by atoms with E-state index in [0.29, 0.717) is 30.2 Å². The second-order valence-electron chi connectivity index (χ2n) is 4.54. The molecule has 0 aliphatic carbocycles. The monoisotopic (exact) mass is 314 g/mol. The van der Waals surface area contributed by atoms with Gasteiger partial charge in [0.15, 0.2) is 10.9 Å². The average molecular weight is 314 g/mol. The van der Waals surface area contributed by atoms with Crippen LogP contribution in [0.5, 0.6) is 0 Å².